The van der Waals surface area contributed by atoms with Gasteiger partial charge in [-0.3, -0.25) is 0 Å². The van der Waals surface area contributed by atoms with Crippen LogP contribution in [-0.2, 0) is 6.18 Å². The summed E-state index contributed by atoms with van der Waals surface area (Å²) in [5.74, 6) is -0.524. The molecule has 6 heteroatoms. The molecule has 122 valence electrons. The van der Waals surface area contributed by atoms with Crippen LogP contribution < -0.4 is 4.74 Å². The van der Waals surface area contributed by atoms with E-state index >= 15 is 0 Å². The normalized spacial score (nSPS) is 11.3. The maximum Gasteiger partial charge on any atom is 0.426 e. The molecule has 0 unspecified atom stereocenters. The van der Waals surface area contributed by atoms with Crippen LogP contribution in [0.15, 0.2) is 66.7 Å². The van der Waals surface area contributed by atoms with Crippen LogP contribution >= 0.6 is 11.3 Å². The zero-order valence-corrected chi connectivity index (χ0v) is 13.0. The molecular formula is C18H11F3O2S. The van der Waals surface area contributed by atoms with E-state index in [1.807, 2.05) is 0 Å². The topological polar surface area (TPSA) is 26.3 Å². The van der Waals surface area contributed by atoms with Crippen LogP contribution in [0.4, 0.5) is 13.2 Å². The van der Waals surface area contributed by atoms with Crippen molar-refractivity contribution >= 4 is 17.3 Å². The highest BCUT2D eigenvalue weighted by Gasteiger charge is 2.37. The summed E-state index contributed by atoms with van der Waals surface area (Å²) in [6.45, 7) is 0. The summed E-state index contributed by atoms with van der Waals surface area (Å²) in [6.07, 6.45) is -4.54. The fourth-order valence-corrected chi connectivity index (χ4v) is 3.10. The number of benzene rings is 2. The number of ether oxygens (including phenoxy) is 1. The second kappa shape index (κ2) is 6.49. The molecule has 0 saturated heterocycles. The fourth-order valence-electron chi connectivity index (χ4n) is 2.18. The number of alkyl halides is 3. The highest BCUT2D eigenvalue weighted by Crippen LogP contribution is 2.42. The van der Waals surface area contributed by atoms with E-state index in [2.05, 4.69) is 0 Å². The van der Waals surface area contributed by atoms with Crippen LogP contribution in [0.3, 0.4) is 0 Å². The summed E-state index contributed by atoms with van der Waals surface area (Å²) in [4.78, 5) is 11.3. The van der Waals surface area contributed by atoms with Gasteiger partial charge < -0.3 is 4.74 Å². The Morgan fingerprint density at radius 2 is 1.50 bits per heavy atom. The largest absolute Gasteiger partial charge is 0.426 e. The predicted molar refractivity (Wildman–Crippen MR) is 86.2 cm³/mol. The Bertz CT molecular complexity index is 840. The van der Waals surface area contributed by atoms with Crippen molar-refractivity contribution in [2.45, 2.75) is 6.18 Å². The number of halogens is 3. The van der Waals surface area contributed by atoms with Crippen molar-refractivity contribution in [3.8, 4) is 16.9 Å². The molecule has 0 bridgehead atoms. The van der Waals surface area contributed by atoms with Gasteiger partial charge in [0.2, 0.25) is 0 Å². The first kappa shape index (κ1) is 16.3. The Balaban J connectivity index is 1.98. The molecule has 0 amide bonds. The molecule has 0 radical (unpaired) electrons. The number of carbonyl (C=O) groups is 1. The van der Waals surface area contributed by atoms with Gasteiger partial charge in [0, 0.05) is 5.56 Å². The molecule has 0 aliphatic carbocycles. The van der Waals surface area contributed by atoms with Crippen molar-refractivity contribution in [1.29, 1.82) is 0 Å². The highest BCUT2D eigenvalue weighted by molar-refractivity contribution is 7.14. The molecule has 0 spiro atoms. The van der Waals surface area contributed by atoms with Crippen molar-refractivity contribution in [3.63, 3.8) is 0 Å². The molecule has 1 aromatic heterocycles. The molecule has 0 fully saturated rings. The van der Waals surface area contributed by atoms with Crippen LogP contribution in [0.25, 0.3) is 11.1 Å². The van der Waals surface area contributed by atoms with Gasteiger partial charge in [0.1, 0.15) is 15.5 Å². The number of hydrogen-bond acceptors (Lipinski definition) is 3. The van der Waals surface area contributed by atoms with Crippen LogP contribution in [0.5, 0.6) is 5.75 Å². The van der Waals surface area contributed by atoms with Gasteiger partial charge in [-0.15, -0.1) is 11.3 Å². The van der Waals surface area contributed by atoms with Gasteiger partial charge >= 0.3 is 12.1 Å². The first-order valence-electron chi connectivity index (χ1n) is 6.99. The van der Waals surface area contributed by atoms with Crippen LogP contribution in [0, 0.1) is 0 Å². The van der Waals surface area contributed by atoms with Gasteiger partial charge in [0.15, 0.2) is 0 Å². The number of thiophene rings is 1. The molecule has 24 heavy (non-hydrogen) atoms. The minimum atomic E-state index is -4.54. The van der Waals surface area contributed by atoms with Crippen molar-refractivity contribution in [2.75, 3.05) is 0 Å². The molecule has 0 atom stereocenters. The Labute approximate surface area is 140 Å². The van der Waals surface area contributed by atoms with E-state index in [-0.39, 0.29) is 16.2 Å². The summed E-state index contributed by atoms with van der Waals surface area (Å²) in [5, 5.41) is 0. The Morgan fingerprint density at radius 3 is 2.08 bits per heavy atom. The maximum absolute atomic E-state index is 13.3. The third-order valence-corrected chi connectivity index (χ3v) is 4.39. The van der Waals surface area contributed by atoms with Gasteiger partial charge in [-0.05, 0) is 23.8 Å². The number of para-hydroxylation sites is 1. The first-order chi connectivity index (χ1) is 11.4. The van der Waals surface area contributed by atoms with E-state index in [0.717, 1.165) is 0 Å². The summed E-state index contributed by atoms with van der Waals surface area (Å²) < 4.78 is 45.0. The Morgan fingerprint density at radius 1 is 0.917 bits per heavy atom. The molecule has 1 heterocycles. The molecule has 3 aromatic rings. The lowest BCUT2D eigenvalue weighted by atomic mass is 10.1. The van der Waals surface area contributed by atoms with Gasteiger partial charge in [0.25, 0.3) is 0 Å². The quantitative estimate of drug-likeness (QED) is 0.451. The van der Waals surface area contributed by atoms with Gasteiger partial charge in [0.05, 0.1) is 0 Å². The summed E-state index contributed by atoms with van der Waals surface area (Å²) in [7, 11) is 0. The van der Waals surface area contributed by atoms with E-state index in [0.29, 0.717) is 16.9 Å². The first-order valence-corrected chi connectivity index (χ1v) is 7.80. The second-order valence-electron chi connectivity index (χ2n) is 4.92. The highest BCUT2D eigenvalue weighted by atomic mass is 32.1. The number of esters is 1. The van der Waals surface area contributed by atoms with E-state index in [9.17, 15) is 18.0 Å². The van der Waals surface area contributed by atoms with Gasteiger partial charge in [-0.25, -0.2) is 4.79 Å². The Kier molecular flexibility index (Phi) is 4.40. The monoisotopic (exact) mass is 348 g/mol. The van der Waals surface area contributed by atoms with Crippen molar-refractivity contribution in [2.24, 2.45) is 0 Å². The van der Waals surface area contributed by atoms with E-state index in [4.69, 9.17) is 4.74 Å². The lowest BCUT2D eigenvalue weighted by molar-refractivity contribution is -0.133. The number of hydrogen-bond donors (Lipinski definition) is 0. The molecule has 3 rings (SSSR count). The maximum atomic E-state index is 13.3. The van der Waals surface area contributed by atoms with Crippen LogP contribution in [-0.4, -0.2) is 5.97 Å². The smallest absolute Gasteiger partial charge is 0.422 e. The molecule has 0 saturated carbocycles. The average molecular weight is 348 g/mol. The summed E-state index contributed by atoms with van der Waals surface area (Å²) in [5.41, 5.74) is 0.382. The number of carbonyl (C=O) groups excluding carboxylic acids is 1. The summed E-state index contributed by atoms with van der Waals surface area (Å²) in [6, 6.07) is 17.6. The Hall–Kier alpha value is -2.60. The third-order valence-electron chi connectivity index (χ3n) is 3.23. The van der Waals surface area contributed by atoms with E-state index in [1.165, 1.54) is 6.07 Å². The van der Waals surface area contributed by atoms with Crippen molar-refractivity contribution < 1.29 is 22.7 Å². The average Bonchev–Trinajstić information content (AvgIpc) is 3.02. The molecule has 0 N–H and O–H groups in total. The molecular weight excluding hydrogens is 337 g/mol. The second-order valence-corrected chi connectivity index (χ2v) is 5.97. The molecule has 0 aliphatic heterocycles. The zero-order chi connectivity index (χ0) is 17.2. The van der Waals surface area contributed by atoms with E-state index in [1.54, 1.807) is 60.7 Å². The molecule has 2 nitrogen and oxygen atoms in total. The predicted octanol–water partition coefficient (Wildman–Crippen LogP) is 5.65. The minimum absolute atomic E-state index is 0.0203. The van der Waals surface area contributed by atoms with Gasteiger partial charge in [-0.1, -0.05) is 48.5 Å². The third kappa shape index (κ3) is 3.49. The molecule has 0 aliphatic rings. The lowest BCUT2D eigenvalue weighted by Gasteiger charge is -2.07. The van der Waals surface area contributed by atoms with Crippen molar-refractivity contribution in [1.82, 2.24) is 0 Å². The standard InChI is InChI=1S/C18H11F3O2S/c19-18(20,21)16-14(12-7-3-1-4-8-12)11-15(24-16)17(22)23-13-9-5-2-6-10-13/h1-11H. The van der Waals surface area contributed by atoms with Crippen LogP contribution in [0.1, 0.15) is 14.5 Å². The SMILES string of the molecule is O=C(Oc1ccccc1)c1cc(-c2ccccc2)c(C(F)(F)F)s1. The number of rotatable bonds is 3. The van der Waals surface area contributed by atoms with E-state index < -0.39 is 17.0 Å². The fraction of sp³-hybridized carbons (Fsp3) is 0.0556. The van der Waals surface area contributed by atoms with Crippen molar-refractivity contribution in [3.05, 3.63) is 76.5 Å². The van der Waals surface area contributed by atoms with Gasteiger partial charge in [-0.2, -0.15) is 13.2 Å². The lowest BCUT2D eigenvalue weighted by Crippen LogP contribution is -2.06. The molecule has 2 aromatic carbocycles. The summed E-state index contributed by atoms with van der Waals surface area (Å²) >= 11 is 0.389. The van der Waals surface area contributed by atoms with Crippen LogP contribution in [0.2, 0.25) is 0 Å². The minimum Gasteiger partial charge on any atom is -0.422 e. The zero-order valence-electron chi connectivity index (χ0n) is 12.2.